The highest BCUT2D eigenvalue weighted by Crippen LogP contribution is 2.22. The van der Waals surface area contributed by atoms with Crippen LogP contribution in [0.25, 0.3) is 0 Å². The standard InChI is InChI=1S/C14H15F3O3/c1-11(14(15,16)17)19-9-10-20-13-6-4-12(5-7-13)3-2-8-18/h4-7,11,18H,8-10H2,1H3. The minimum absolute atomic E-state index is 0.0298. The molecule has 0 heterocycles. The lowest BCUT2D eigenvalue weighted by Crippen LogP contribution is -2.29. The average molecular weight is 288 g/mol. The van der Waals surface area contributed by atoms with Crippen molar-refractivity contribution in [2.75, 3.05) is 19.8 Å². The van der Waals surface area contributed by atoms with Crippen molar-refractivity contribution in [2.24, 2.45) is 0 Å². The molecule has 3 nitrogen and oxygen atoms in total. The predicted octanol–water partition coefficient (Wildman–Crippen LogP) is 2.38. The first-order valence-corrected chi connectivity index (χ1v) is 5.94. The molecule has 6 heteroatoms. The number of ether oxygens (including phenoxy) is 2. The molecule has 0 amide bonds. The van der Waals surface area contributed by atoms with E-state index in [1.54, 1.807) is 24.3 Å². The van der Waals surface area contributed by atoms with Crippen LogP contribution in [0.15, 0.2) is 24.3 Å². The van der Waals surface area contributed by atoms with Crippen LogP contribution in [0.5, 0.6) is 5.75 Å². The first-order chi connectivity index (χ1) is 9.43. The minimum atomic E-state index is -4.35. The number of benzene rings is 1. The molecule has 0 aliphatic heterocycles. The van der Waals surface area contributed by atoms with Crippen molar-refractivity contribution in [3.05, 3.63) is 29.8 Å². The van der Waals surface area contributed by atoms with Crippen molar-refractivity contribution in [1.29, 1.82) is 0 Å². The monoisotopic (exact) mass is 288 g/mol. The molecule has 1 rings (SSSR count). The summed E-state index contributed by atoms with van der Waals surface area (Å²) in [5, 5.41) is 8.54. The van der Waals surface area contributed by atoms with Gasteiger partial charge in [-0.05, 0) is 31.2 Å². The maximum atomic E-state index is 12.1. The predicted molar refractivity (Wildman–Crippen MR) is 67.4 cm³/mol. The van der Waals surface area contributed by atoms with Crippen molar-refractivity contribution in [1.82, 2.24) is 0 Å². The number of aliphatic hydroxyl groups is 1. The third-order valence-electron chi connectivity index (χ3n) is 2.35. The van der Waals surface area contributed by atoms with Crippen LogP contribution >= 0.6 is 0 Å². The minimum Gasteiger partial charge on any atom is -0.491 e. The van der Waals surface area contributed by atoms with Gasteiger partial charge in [-0.2, -0.15) is 13.2 Å². The van der Waals surface area contributed by atoms with E-state index in [1.165, 1.54) is 0 Å². The summed E-state index contributed by atoms with van der Waals surface area (Å²) >= 11 is 0. The van der Waals surface area contributed by atoms with Crippen LogP contribution in [0.3, 0.4) is 0 Å². The summed E-state index contributed by atoms with van der Waals surface area (Å²) < 4.78 is 46.3. The third kappa shape index (κ3) is 5.95. The van der Waals surface area contributed by atoms with Gasteiger partial charge in [0.2, 0.25) is 0 Å². The fourth-order valence-electron chi connectivity index (χ4n) is 1.25. The van der Waals surface area contributed by atoms with E-state index >= 15 is 0 Å². The highest BCUT2D eigenvalue weighted by Gasteiger charge is 2.36. The molecule has 1 aromatic carbocycles. The van der Waals surface area contributed by atoms with Crippen molar-refractivity contribution in [3.63, 3.8) is 0 Å². The molecule has 0 aliphatic rings. The largest absolute Gasteiger partial charge is 0.491 e. The second kappa shape index (κ2) is 7.78. The molecule has 0 fully saturated rings. The molecule has 0 saturated heterocycles. The van der Waals surface area contributed by atoms with E-state index in [4.69, 9.17) is 9.84 Å². The molecule has 0 radical (unpaired) electrons. The molecule has 1 atom stereocenters. The molecule has 0 saturated carbocycles. The highest BCUT2D eigenvalue weighted by atomic mass is 19.4. The van der Waals surface area contributed by atoms with Gasteiger partial charge in [-0.15, -0.1) is 0 Å². The zero-order valence-electron chi connectivity index (χ0n) is 10.9. The van der Waals surface area contributed by atoms with Gasteiger partial charge in [0.1, 0.15) is 19.0 Å². The van der Waals surface area contributed by atoms with E-state index in [-0.39, 0.29) is 19.8 Å². The number of hydrogen-bond acceptors (Lipinski definition) is 3. The summed E-state index contributed by atoms with van der Waals surface area (Å²) in [4.78, 5) is 0. The zero-order valence-corrected chi connectivity index (χ0v) is 10.9. The van der Waals surface area contributed by atoms with E-state index in [0.29, 0.717) is 11.3 Å². The SMILES string of the molecule is CC(OCCOc1ccc(C#CCO)cc1)C(F)(F)F. The number of aliphatic hydroxyl groups excluding tert-OH is 1. The molecule has 1 N–H and O–H groups in total. The van der Waals surface area contributed by atoms with Crippen LogP contribution < -0.4 is 4.74 Å². The first kappa shape index (κ1) is 16.3. The second-order valence-electron chi connectivity index (χ2n) is 3.89. The van der Waals surface area contributed by atoms with Gasteiger partial charge < -0.3 is 14.6 Å². The molecule has 0 bridgehead atoms. The normalized spacial score (nSPS) is 12.4. The molecular formula is C14H15F3O3. The van der Waals surface area contributed by atoms with Crippen molar-refractivity contribution in [3.8, 4) is 17.6 Å². The number of rotatable bonds is 5. The van der Waals surface area contributed by atoms with Crippen molar-refractivity contribution >= 4 is 0 Å². The van der Waals surface area contributed by atoms with E-state index in [1.807, 2.05) is 0 Å². The van der Waals surface area contributed by atoms with Gasteiger partial charge in [-0.25, -0.2) is 0 Å². The van der Waals surface area contributed by atoms with Gasteiger partial charge in [-0.3, -0.25) is 0 Å². The fourth-order valence-corrected chi connectivity index (χ4v) is 1.25. The molecule has 0 spiro atoms. The number of alkyl halides is 3. The second-order valence-corrected chi connectivity index (χ2v) is 3.89. The van der Waals surface area contributed by atoms with E-state index in [9.17, 15) is 13.2 Å². The lowest BCUT2D eigenvalue weighted by atomic mass is 10.2. The summed E-state index contributed by atoms with van der Waals surface area (Å²) in [7, 11) is 0. The lowest BCUT2D eigenvalue weighted by Gasteiger charge is -2.16. The van der Waals surface area contributed by atoms with Gasteiger partial charge in [0.25, 0.3) is 0 Å². The Kier molecular flexibility index (Phi) is 6.36. The summed E-state index contributed by atoms with van der Waals surface area (Å²) in [6.07, 6.45) is -6.16. The highest BCUT2D eigenvalue weighted by molar-refractivity contribution is 5.38. The smallest absolute Gasteiger partial charge is 0.414 e. The lowest BCUT2D eigenvalue weighted by molar-refractivity contribution is -0.215. The van der Waals surface area contributed by atoms with Crippen LogP contribution in [0.1, 0.15) is 12.5 Å². The molecule has 0 aromatic heterocycles. The van der Waals surface area contributed by atoms with Gasteiger partial charge in [0, 0.05) is 5.56 Å². The molecule has 20 heavy (non-hydrogen) atoms. The van der Waals surface area contributed by atoms with Crippen molar-refractivity contribution in [2.45, 2.75) is 19.2 Å². The van der Waals surface area contributed by atoms with Crippen LogP contribution in [-0.4, -0.2) is 37.2 Å². The van der Waals surface area contributed by atoms with Gasteiger partial charge in [-0.1, -0.05) is 11.8 Å². The topological polar surface area (TPSA) is 38.7 Å². The maximum absolute atomic E-state index is 12.1. The fraction of sp³-hybridized carbons (Fsp3) is 0.429. The Bertz CT molecular complexity index is 457. The molecule has 110 valence electrons. The van der Waals surface area contributed by atoms with Gasteiger partial charge in [0.05, 0.1) is 6.61 Å². The first-order valence-electron chi connectivity index (χ1n) is 5.94. The summed E-state index contributed by atoms with van der Waals surface area (Å²) in [6.45, 7) is 0.621. The maximum Gasteiger partial charge on any atom is 0.414 e. The van der Waals surface area contributed by atoms with E-state index < -0.39 is 12.3 Å². The Morgan fingerprint density at radius 1 is 1.20 bits per heavy atom. The van der Waals surface area contributed by atoms with Gasteiger partial charge >= 0.3 is 6.18 Å². The molecular weight excluding hydrogens is 273 g/mol. The Morgan fingerprint density at radius 3 is 2.40 bits per heavy atom. The van der Waals surface area contributed by atoms with Crippen LogP contribution in [0.2, 0.25) is 0 Å². The quantitative estimate of drug-likeness (QED) is 0.668. The van der Waals surface area contributed by atoms with Gasteiger partial charge in [0.15, 0.2) is 6.10 Å². The Balaban J connectivity index is 2.32. The van der Waals surface area contributed by atoms with E-state index in [2.05, 4.69) is 16.6 Å². The number of hydrogen-bond donors (Lipinski definition) is 1. The third-order valence-corrected chi connectivity index (χ3v) is 2.35. The zero-order chi connectivity index (χ0) is 15.0. The number of halogens is 3. The van der Waals surface area contributed by atoms with Crippen molar-refractivity contribution < 1.29 is 27.8 Å². The Labute approximate surface area is 115 Å². The van der Waals surface area contributed by atoms with Crippen LogP contribution in [-0.2, 0) is 4.74 Å². The summed E-state index contributed by atoms with van der Waals surface area (Å²) in [5.41, 5.74) is 0.716. The average Bonchev–Trinajstić information content (AvgIpc) is 2.41. The Hall–Kier alpha value is -1.71. The molecule has 1 unspecified atom stereocenters. The molecule has 1 aromatic rings. The van der Waals surface area contributed by atoms with Crippen LogP contribution in [0.4, 0.5) is 13.2 Å². The summed E-state index contributed by atoms with van der Waals surface area (Å²) in [6, 6.07) is 6.68. The van der Waals surface area contributed by atoms with Crippen LogP contribution in [0, 0.1) is 11.8 Å². The van der Waals surface area contributed by atoms with E-state index in [0.717, 1.165) is 6.92 Å². The Morgan fingerprint density at radius 2 is 1.85 bits per heavy atom. The molecule has 0 aliphatic carbocycles. The summed E-state index contributed by atoms with van der Waals surface area (Å²) in [5.74, 6) is 5.73.